The molecule has 0 aliphatic heterocycles. The minimum absolute atomic E-state index is 0.168. The monoisotopic (exact) mass is 643 g/mol. The fourth-order valence-electron chi connectivity index (χ4n) is 5.60. The van der Waals surface area contributed by atoms with E-state index in [-0.39, 0.29) is 36.7 Å². The summed E-state index contributed by atoms with van der Waals surface area (Å²) in [5.74, 6) is -3.21. The Morgan fingerprint density at radius 1 is 0.723 bits per heavy atom. The summed E-state index contributed by atoms with van der Waals surface area (Å²) in [5, 5.41) is 18.8. The molecule has 47 heavy (non-hydrogen) atoms. The molecule has 0 fully saturated rings. The lowest BCUT2D eigenvalue weighted by Crippen LogP contribution is -2.57. The van der Waals surface area contributed by atoms with Crippen LogP contribution in [0.3, 0.4) is 0 Å². The van der Waals surface area contributed by atoms with Crippen LogP contribution in [0.4, 0.5) is 0 Å². The Bertz CT molecular complexity index is 1460. The van der Waals surface area contributed by atoms with Gasteiger partial charge in [-0.2, -0.15) is 0 Å². The maximum atomic E-state index is 14.1. The van der Waals surface area contributed by atoms with Gasteiger partial charge in [-0.15, -0.1) is 0 Å². The lowest BCUT2D eigenvalue weighted by Gasteiger charge is -2.35. The van der Waals surface area contributed by atoms with Gasteiger partial charge in [-0.3, -0.25) is 24.6 Å². The van der Waals surface area contributed by atoms with Gasteiger partial charge < -0.3 is 21.5 Å². The number of benzene rings is 3. The van der Waals surface area contributed by atoms with E-state index in [1.165, 1.54) is 13.8 Å². The highest BCUT2D eigenvalue weighted by molar-refractivity contribution is 5.91. The molecule has 3 amide bonds. The predicted molar refractivity (Wildman–Crippen MR) is 183 cm³/mol. The van der Waals surface area contributed by atoms with Crippen molar-refractivity contribution >= 4 is 23.5 Å². The largest absolute Gasteiger partial charge is 0.391 e. The van der Waals surface area contributed by atoms with Crippen LogP contribution in [0.25, 0.3) is 11.1 Å². The Morgan fingerprint density at radius 3 is 1.72 bits per heavy atom. The number of hydrogen-bond donors (Lipinski definition) is 5. The number of nitrogens with one attached hydrogen (secondary N) is 3. The molecule has 5 atom stereocenters. The number of hydrogen-bond acceptors (Lipinski definition) is 7. The van der Waals surface area contributed by atoms with Crippen molar-refractivity contribution in [3.05, 3.63) is 96.1 Å². The molecule has 0 radical (unpaired) electrons. The molecule has 3 aromatic rings. The first-order chi connectivity index (χ1) is 22.3. The van der Waals surface area contributed by atoms with Crippen LogP contribution in [0.1, 0.15) is 58.7 Å². The third-order valence-corrected chi connectivity index (χ3v) is 8.06. The van der Waals surface area contributed by atoms with Crippen molar-refractivity contribution in [1.29, 1.82) is 0 Å². The fraction of sp³-hybridized carbons (Fsp3) is 0.405. The molecule has 3 rings (SSSR count). The van der Waals surface area contributed by atoms with E-state index < -0.39 is 41.8 Å². The topological polar surface area (TPSA) is 154 Å². The zero-order valence-electron chi connectivity index (χ0n) is 28.1. The van der Waals surface area contributed by atoms with Crippen LogP contribution in [0, 0.1) is 17.8 Å². The Kier molecular flexibility index (Phi) is 13.8. The number of hydrazine groups is 1. The third-order valence-electron chi connectivity index (χ3n) is 8.06. The second kappa shape index (κ2) is 17.5. The van der Waals surface area contributed by atoms with Crippen molar-refractivity contribution in [2.24, 2.45) is 23.5 Å². The molecule has 3 aromatic carbocycles. The average molecular weight is 644 g/mol. The van der Waals surface area contributed by atoms with Crippen LogP contribution in [0.5, 0.6) is 0 Å². The van der Waals surface area contributed by atoms with Crippen LogP contribution in [0.2, 0.25) is 0 Å². The number of aliphatic hydroxyl groups excluding tert-OH is 1. The molecular weight excluding hydrogens is 594 g/mol. The number of amides is 3. The van der Waals surface area contributed by atoms with E-state index in [1.807, 2.05) is 88.4 Å². The average Bonchev–Trinajstić information content (AvgIpc) is 3.03. The van der Waals surface area contributed by atoms with Crippen molar-refractivity contribution < 1.29 is 24.3 Å². The number of nitrogens with zero attached hydrogens (tertiary/aromatic N) is 1. The molecule has 10 nitrogen and oxygen atoms in total. The third kappa shape index (κ3) is 10.8. The number of Topliss-reactive ketones (excluding diaryl/α,β-unsaturated/α-hetero) is 1. The minimum Gasteiger partial charge on any atom is -0.391 e. The van der Waals surface area contributed by atoms with E-state index in [0.717, 1.165) is 16.7 Å². The number of rotatable bonds is 16. The van der Waals surface area contributed by atoms with Crippen LogP contribution in [-0.2, 0) is 25.7 Å². The lowest BCUT2D eigenvalue weighted by molar-refractivity contribution is -0.136. The number of carbonyl (C=O) groups excluding carboxylic acids is 4. The standard InChI is InChI=1S/C37H49N5O5/c1-23(2)34(39-25(5)43)36(46)32(33(38)30-15-11-8-12-16-30)31(45)22-42(41-37(47)35(24(3)4)40-26(6)44)21-27-17-19-29(20-18-27)28-13-9-7-10-14-28/h7-20,23-24,31-35,45H,21-22,38H2,1-6H3,(H,39,43)(H,40,44)(H,41,47)/t31?,32?,33?,34-,35-/m0/s1. The Labute approximate surface area is 278 Å². The van der Waals surface area contributed by atoms with Gasteiger partial charge in [0, 0.05) is 33.0 Å². The molecule has 10 heteroatoms. The Morgan fingerprint density at radius 2 is 1.21 bits per heavy atom. The molecule has 0 aromatic heterocycles. The Balaban J connectivity index is 1.98. The first-order valence-corrected chi connectivity index (χ1v) is 16.0. The van der Waals surface area contributed by atoms with Gasteiger partial charge in [0.05, 0.1) is 18.1 Å². The zero-order valence-corrected chi connectivity index (χ0v) is 28.1. The van der Waals surface area contributed by atoms with E-state index in [2.05, 4.69) is 16.1 Å². The summed E-state index contributed by atoms with van der Waals surface area (Å²) >= 11 is 0. The highest BCUT2D eigenvalue weighted by Gasteiger charge is 2.40. The number of ketones is 1. The second-order valence-electron chi connectivity index (χ2n) is 12.7. The predicted octanol–water partition coefficient (Wildman–Crippen LogP) is 3.75. The molecule has 0 aliphatic carbocycles. The van der Waals surface area contributed by atoms with Crippen molar-refractivity contribution in [2.75, 3.05) is 6.54 Å². The summed E-state index contributed by atoms with van der Waals surface area (Å²) in [6.45, 7) is 9.98. The van der Waals surface area contributed by atoms with Crippen LogP contribution >= 0.6 is 0 Å². The van der Waals surface area contributed by atoms with Crippen LogP contribution < -0.4 is 21.8 Å². The summed E-state index contributed by atoms with van der Waals surface area (Å²) in [5.41, 5.74) is 13.2. The summed E-state index contributed by atoms with van der Waals surface area (Å²) < 4.78 is 0. The molecule has 0 spiro atoms. The quantitative estimate of drug-likeness (QED) is 0.149. The van der Waals surface area contributed by atoms with E-state index in [4.69, 9.17) is 5.73 Å². The van der Waals surface area contributed by atoms with Gasteiger partial charge in [0.1, 0.15) is 6.04 Å². The van der Waals surface area contributed by atoms with Crippen LogP contribution in [0.15, 0.2) is 84.9 Å². The van der Waals surface area contributed by atoms with Gasteiger partial charge in [0.15, 0.2) is 5.78 Å². The fourth-order valence-corrected chi connectivity index (χ4v) is 5.60. The molecule has 0 saturated heterocycles. The first-order valence-electron chi connectivity index (χ1n) is 16.0. The number of carbonyl (C=O) groups is 4. The van der Waals surface area contributed by atoms with E-state index >= 15 is 0 Å². The smallest absolute Gasteiger partial charge is 0.257 e. The highest BCUT2D eigenvalue weighted by Crippen LogP contribution is 2.27. The SMILES string of the molecule is CC(=O)N[C@H](C(=O)NN(Cc1ccc(-c2ccccc2)cc1)CC(O)C(C(=O)[C@@H](NC(C)=O)C(C)C)C(N)c1ccccc1)C(C)C. The molecule has 0 saturated carbocycles. The molecule has 0 aliphatic rings. The summed E-state index contributed by atoms with van der Waals surface area (Å²) in [4.78, 5) is 51.6. The second-order valence-corrected chi connectivity index (χ2v) is 12.7. The zero-order chi connectivity index (χ0) is 34.7. The van der Waals surface area contributed by atoms with Gasteiger partial charge in [0.25, 0.3) is 5.91 Å². The molecule has 3 unspecified atom stereocenters. The summed E-state index contributed by atoms with van der Waals surface area (Å²) in [6.07, 6.45) is -1.35. The first kappa shape index (κ1) is 37.1. The molecule has 0 heterocycles. The van der Waals surface area contributed by atoms with Crippen molar-refractivity contribution in [1.82, 2.24) is 21.1 Å². The van der Waals surface area contributed by atoms with Crippen LogP contribution in [-0.4, -0.2) is 58.4 Å². The highest BCUT2D eigenvalue weighted by atomic mass is 16.3. The van der Waals surface area contributed by atoms with E-state index in [1.54, 1.807) is 29.3 Å². The maximum Gasteiger partial charge on any atom is 0.257 e. The number of nitrogens with two attached hydrogens (primary N) is 1. The molecule has 0 bridgehead atoms. The van der Waals surface area contributed by atoms with E-state index in [9.17, 15) is 24.3 Å². The normalized spacial score (nSPS) is 14.6. The summed E-state index contributed by atoms with van der Waals surface area (Å²) in [6, 6.07) is 24.1. The molecular formula is C37H49N5O5. The Hall–Kier alpha value is -4.38. The van der Waals surface area contributed by atoms with Crippen molar-refractivity contribution in [3.8, 4) is 11.1 Å². The van der Waals surface area contributed by atoms with Gasteiger partial charge in [-0.05, 0) is 34.1 Å². The van der Waals surface area contributed by atoms with Gasteiger partial charge in [-0.25, -0.2) is 5.01 Å². The van der Waals surface area contributed by atoms with Crippen molar-refractivity contribution in [2.45, 2.75) is 72.3 Å². The van der Waals surface area contributed by atoms with E-state index in [0.29, 0.717) is 5.56 Å². The lowest BCUT2D eigenvalue weighted by atomic mass is 9.80. The van der Waals surface area contributed by atoms with Gasteiger partial charge >= 0.3 is 0 Å². The van der Waals surface area contributed by atoms with Gasteiger partial charge in [-0.1, -0.05) is 113 Å². The molecule has 252 valence electrons. The number of aliphatic hydroxyl groups is 1. The molecule has 6 N–H and O–H groups in total. The summed E-state index contributed by atoms with van der Waals surface area (Å²) in [7, 11) is 0. The minimum atomic E-state index is -1.35. The maximum absolute atomic E-state index is 14.1. The van der Waals surface area contributed by atoms with Gasteiger partial charge in [0.2, 0.25) is 11.8 Å². The van der Waals surface area contributed by atoms with Crippen molar-refractivity contribution in [3.63, 3.8) is 0 Å².